The van der Waals surface area contributed by atoms with Crippen LogP contribution in [0.2, 0.25) is 0 Å². The lowest BCUT2D eigenvalue weighted by molar-refractivity contribution is 0.0961. The minimum Gasteiger partial charge on any atom is -0.306 e. The molecular weight excluding hydrogens is 242 g/mol. The highest BCUT2D eigenvalue weighted by Crippen LogP contribution is 2.14. The quantitative estimate of drug-likeness (QED) is 0.718. The summed E-state index contributed by atoms with van der Waals surface area (Å²) in [7, 11) is 0. The van der Waals surface area contributed by atoms with Crippen molar-refractivity contribution in [3.8, 4) is 0 Å². The van der Waals surface area contributed by atoms with Crippen LogP contribution in [-0.4, -0.2) is 20.4 Å². The van der Waals surface area contributed by atoms with Gasteiger partial charge in [0.25, 0.3) is 5.91 Å². The molecule has 94 valence electrons. The number of imidazole rings is 1. The summed E-state index contributed by atoms with van der Waals surface area (Å²) in [6.07, 6.45) is 0. The lowest BCUT2D eigenvalue weighted by Gasteiger charge is -2.04. The van der Waals surface area contributed by atoms with Crippen molar-refractivity contribution in [2.75, 3.05) is 0 Å². The highest BCUT2D eigenvalue weighted by Gasteiger charge is 2.16. The SMILES string of the molecule is Cc1nc2ccc(=O)[nH]c2n1C(=O)c1ccccc1. The number of aryl methyl sites for hydroxylation is 1. The monoisotopic (exact) mass is 253 g/mol. The van der Waals surface area contributed by atoms with Gasteiger partial charge in [0.05, 0.1) is 0 Å². The standard InChI is InChI=1S/C14H11N3O2/c1-9-15-11-7-8-12(18)16-13(11)17(9)14(19)10-5-3-2-4-6-10/h2-8H,1H3,(H,16,18). The Morgan fingerprint density at radius 1 is 1.16 bits per heavy atom. The van der Waals surface area contributed by atoms with Gasteiger partial charge >= 0.3 is 0 Å². The summed E-state index contributed by atoms with van der Waals surface area (Å²) in [5.74, 6) is 0.341. The number of nitrogens with one attached hydrogen (secondary N) is 1. The average molecular weight is 253 g/mol. The molecule has 0 amide bonds. The van der Waals surface area contributed by atoms with Crippen molar-refractivity contribution in [3.63, 3.8) is 0 Å². The van der Waals surface area contributed by atoms with Gasteiger partial charge in [-0.15, -0.1) is 0 Å². The first-order valence-corrected chi connectivity index (χ1v) is 5.85. The third-order valence-electron chi connectivity index (χ3n) is 2.93. The molecule has 5 heteroatoms. The molecule has 2 aromatic heterocycles. The van der Waals surface area contributed by atoms with Crippen molar-refractivity contribution < 1.29 is 4.79 Å². The number of hydrogen-bond acceptors (Lipinski definition) is 3. The van der Waals surface area contributed by atoms with Crippen molar-refractivity contribution in [1.82, 2.24) is 14.5 Å². The van der Waals surface area contributed by atoms with E-state index >= 15 is 0 Å². The maximum absolute atomic E-state index is 12.5. The second-order valence-corrected chi connectivity index (χ2v) is 4.22. The molecule has 0 saturated heterocycles. The molecule has 2 heterocycles. The highest BCUT2D eigenvalue weighted by atomic mass is 16.2. The Morgan fingerprint density at radius 2 is 1.89 bits per heavy atom. The van der Waals surface area contributed by atoms with E-state index in [-0.39, 0.29) is 11.5 Å². The van der Waals surface area contributed by atoms with E-state index in [9.17, 15) is 9.59 Å². The lowest BCUT2D eigenvalue weighted by Crippen LogP contribution is -2.16. The van der Waals surface area contributed by atoms with E-state index in [1.54, 1.807) is 37.3 Å². The minimum absolute atomic E-state index is 0.206. The Balaban J connectivity index is 2.25. The Kier molecular flexibility index (Phi) is 2.52. The third-order valence-corrected chi connectivity index (χ3v) is 2.93. The van der Waals surface area contributed by atoms with Gasteiger partial charge in [-0.1, -0.05) is 18.2 Å². The number of carbonyl (C=O) groups is 1. The molecule has 0 bridgehead atoms. The zero-order chi connectivity index (χ0) is 13.4. The van der Waals surface area contributed by atoms with Gasteiger partial charge in [0.2, 0.25) is 5.56 Å². The van der Waals surface area contributed by atoms with E-state index in [2.05, 4.69) is 9.97 Å². The Morgan fingerprint density at radius 3 is 2.63 bits per heavy atom. The van der Waals surface area contributed by atoms with Gasteiger partial charge in [-0.3, -0.25) is 9.59 Å². The lowest BCUT2D eigenvalue weighted by atomic mass is 10.2. The number of benzene rings is 1. The zero-order valence-corrected chi connectivity index (χ0v) is 10.3. The molecule has 0 aliphatic carbocycles. The third kappa shape index (κ3) is 1.85. The maximum Gasteiger partial charge on any atom is 0.264 e. The van der Waals surface area contributed by atoms with E-state index in [1.807, 2.05) is 6.07 Å². The summed E-state index contributed by atoms with van der Waals surface area (Å²) < 4.78 is 1.42. The van der Waals surface area contributed by atoms with Gasteiger partial charge < -0.3 is 4.98 Å². The number of aromatic amines is 1. The number of nitrogens with zero attached hydrogens (tertiary/aromatic N) is 2. The van der Waals surface area contributed by atoms with E-state index < -0.39 is 0 Å². The number of pyridine rings is 1. The molecule has 0 saturated carbocycles. The van der Waals surface area contributed by atoms with Crippen molar-refractivity contribution >= 4 is 17.1 Å². The predicted octanol–water partition coefficient (Wildman–Crippen LogP) is 1.72. The number of H-pyrrole nitrogens is 1. The fourth-order valence-electron chi connectivity index (χ4n) is 2.06. The molecule has 3 rings (SSSR count). The average Bonchev–Trinajstić information content (AvgIpc) is 2.74. The second-order valence-electron chi connectivity index (χ2n) is 4.22. The van der Waals surface area contributed by atoms with Crippen molar-refractivity contribution in [1.29, 1.82) is 0 Å². The van der Waals surface area contributed by atoms with Crippen molar-refractivity contribution in [2.45, 2.75) is 6.92 Å². The van der Waals surface area contributed by atoms with Crippen LogP contribution in [0.4, 0.5) is 0 Å². The molecule has 0 aliphatic rings. The molecule has 0 atom stereocenters. The molecular formula is C14H11N3O2. The molecule has 19 heavy (non-hydrogen) atoms. The number of hydrogen-bond donors (Lipinski definition) is 1. The van der Waals surface area contributed by atoms with E-state index in [0.29, 0.717) is 22.6 Å². The fourth-order valence-corrected chi connectivity index (χ4v) is 2.06. The molecule has 1 N–H and O–H groups in total. The van der Waals surface area contributed by atoms with Gasteiger partial charge in [0.15, 0.2) is 0 Å². The normalized spacial score (nSPS) is 10.8. The Hall–Kier alpha value is -2.69. The van der Waals surface area contributed by atoms with Crippen LogP contribution in [-0.2, 0) is 0 Å². The Bertz CT molecular complexity index is 816. The molecule has 1 aromatic carbocycles. The van der Waals surface area contributed by atoms with Crippen LogP contribution < -0.4 is 5.56 Å². The first-order chi connectivity index (χ1) is 9.16. The van der Waals surface area contributed by atoms with Crippen LogP contribution in [0, 0.1) is 6.92 Å². The second kappa shape index (κ2) is 4.20. The summed E-state index contributed by atoms with van der Waals surface area (Å²) in [4.78, 5) is 30.8. The van der Waals surface area contributed by atoms with Crippen molar-refractivity contribution in [3.05, 3.63) is 64.2 Å². The van der Waals surface area contributed by atoms with Crippen LogP contribution in [0.5, 0.6) is 0 Å². The van der Waals surface area contributed by atoms with Crippen LogP contribution in [0.15, 0.2) is 47.3 Å². The van der Waals surface area contributed by atoms with Gasteiger partial charge in [-0.05, 0) is 25.1 Å². The smallest absolute Gasteiger partial charge is 0.264 e. The van der Waals surface area contributed by atoms with Crippen LogP contribution >= 0.6 is 0 Å². The van der Waals surface area contributed by atoms with Crippen LogP contribution in [0.25, 0.3) is 11.2 Å². The van der Waals surface area contributed by atoms with Crippen molar-refractivity contribution in [2.24, 2.45) is 0 Å². The van der Waals surface area contributed by atoms with Crippen LogP contribution in [0.1, 0.15) is 16.2 Å². The number of aromatic nitrogens is 3. The van der Waals surface area contributed by atoms with E-state index in [0.717, 1.165) is 0 Å². The Labute approximate surface area is 108 Å². The minimum atomic E-state index is -0.255. The van der Waals surface area contributed by atoms with Gasteiger partial charge in [0, 0.05) is 11.6 Å². The molecule has 0 aliphatic heterocycles. The van der Waals surface area contributed by atoms with Gasteiger partial charge in [0.1, 0.15) is 17.0 Å². The number of fused-ring (bicyclic) bond motifs is 1. The van der Waals surface area contributed by atoms with Gasteiger partial charge in [-0.25, -0.2) is 9.55 Å². The number of rotatable bonds is 1. The fraction of sp³-hybridized carbons (Fsp3) is 0.0714. The molecule has 3 aromatic rings. The first-order valence-electron chi connectivity index (χ1n) is 5.85. The molecule has 0 fully saturated rings. The maximum atomic E-state index is 12.5. The summed E-state index contributed by atoms with van der Waals surface area (Å²) in [5, 5.41) is 0. The highest BCUT2D eigenvalue weighted by molar-refractivity contribution is 6.00. The summed E-state index contributed by atoms with van der Waals surface area (Å²) in [6, 6.07) is 11.9. The van der Waals surface area contributed by atoms with E-state index in [4.69, 9.17) is 0 Å². The molecule has 0 radical (unpaired) electrons. The summed E-state index contributed by atoms with van der Waals surface area (Å²) in [6.45, 7) is 1.74. The predicted molar refractivity (Wildman–Crippen MR) is 71.3 cm³/mol. The first kappa shape index (κ1) is 11.4. The molecule has 0 unspecified atom stereocenters. The van der Waals surface area contributed by atoms with Gasteiger partial charge in [-0.2, -0.15) is 0 Å². The van der Waals surface area contributed by atoms with E-state index in [1.165, 1.54) is 10.6 Å². The number of carbonyl (C=O) groups excluding carboxylic acids is 1. The van der Waals surface area contributed by atoms with Crippen LogP contribution in [0.3, 0.4) is 0 Å². The largest absolute Gasteiger partial charge is 0.306 e. The molecule has 0 spiro atoms. The summed E-state index contributed by atoms with van der Waals surface area (Å²) >= 11 is 0. The summed E-state index contributed by atoms with van der Waals surface area (Å²) in [5.41, 5.74) is 1.32. The zero-order valence-electron chi connectivity index (χ0n) is 10.3. The topological polar surface area (TPSA) is 67.8 Å². The molecule has 5 nitrogen and oxygen atoms in total.